The van der Waals surface area contributed by atoms with Gasteiger partial charge in [0.2, 0.25) is 0 Å². The zero-order chi connectivity index (χ0) is 37.1. The van der Waals surface area contributed by atoms with Crippen molar-refractivity contribution in [2.75, 3.05) is 0 Å². The molecule has 4 rings (SSSR count). The number of carboxylic acid groups (broad SMARTS) is 2. The molecule has 2 unspecified atom stereocenters. The van der Waals surface area contributed by atoms with E-state index in [0.29, 0.717) is 5.66 Å². The summed E-state index contributed by atoms with van der Waals surface area (Å²) < 4.78 is 0. The molecule has 0 saturated heterocycles. The van der Waals surface area contributed by atoms with Crippen molar-refractivity contribution < 1.29 is 34.8 Å². The molecule has 0 amide bonds. The van der Waals surface area contributed by atoms with Gasteiger partial charge in [-0.15, -0.1) is 0 Å². The van der Waals surface area contributed by atoms with Gasteiger partial charge in [0.1, 0.15) is 0 Å². The zero-order valence-electron chi connectivity index (χ0n) is 30.9. The van der Waals surface area contributed by atoms with Crippen LogP contribution in [-0.4, -0.2) is 27.8 Å². The van der Waals surface area contributed by atoms with Crippen molar-refractivity contribution in [1.29, 1.82) is 0 Å². The van der Waals surface area contributed by atoms with Gasteiger partial charge in [-0.05, 0) is 49.9 Å². The zero-order valence-corrected chi connectivity index (χ0v) is 33.6. The van der Waals surface area contributed by atoms with Gasteiger partial charge < -0.3 is 10.2 Å². The van der Waals surface area contributed by atoms with E-state index in [1.54, 1.807) is 0 Å². The molecule has 0 fully saturated rings. The molecule has 50 heavy (non-hydrogen) atoms. The summed E-state index contributed by atoms with van der Waals surface area (Å²) in [6, 6.07) is 42.4. The summed E-state index contributed by atoms with van der Waals surface area (Å²) in [6.45, 7) is 12.1. The van der Waals surface area contributed by atoms with E-state index in [1.165, 1.54) is 21.2 Å². The van der Waals surface area contributed by atoms with E-state index >= 15 is 0 Å². The van der Waals surface area contributed by atoms with Gasteiger partial charge in [0.15, 0.2) is 0 Å². The van der Waals surface area contributed by atoms with Gasteiger partial charge in [-0.2, -0.15) is 0 Å². The Labute approximate surface area is 313 Å². The SMILES string of the molecule is CC(C)P(c1ccccc1)c1ccccc1.CCCCC(CC)C(=O)O.CCCCC(CC)C(=O)O.[Ni][P](c1ccccc1)c1ccccc1. The van der Waals surface area contributed by atoms with Crippen molar-refractivity contribution in [1.82, 2.24) is 0 Å². The summed E-state index contributed by atoms with van der Waals surface area (Å²) in [5, 5.41) is 22.7. The van der Waals surface area contributed by atoms with E-state index in [9.17, 15) is 9.59 Å². The van der Waals surface area contributed by atoms with E-state index < -0.39 is 18.6 Å². The molecule has 0 saturated carbocycles. The van der Waals surface area contributed by atoms with Crippen molar-refractivity contribution >= 4 is 47.8 Å². The first-order valence-electron chi connectivity index (χ1n) is 18.0. The third-order valence-corrected chi connectivity index (χ3v) is 13.7. The molecule has 2 N–H and O–H groups in total. The first-order valence-corrected chi connectivity index (χ1v) is 21.9. The van der Waals surface area contributed by atoms with Crippen molar-refractivity contribution in [2.24, 2.45) is 11.8 Å². The molecular formula is C43H59NiO4P2. The van der Waals surface area contributed by atoms with Crippen LogP contribution in [0.5, 0.6) is 0 Å². The van der Waals surface area contributed by atoms with Crippen LogP contribution in [0.1, 0.15) is 92.9 Å². The van der Waals surface area contributed by atoms with Gasteiger partial charge in [0, 0.05) is 0 Å². The minimum atomic E-state index is -0.643. The Kier molecular flexibility index (Phi) is 25.2. The van der Waals surface area contributed by atoms with Crippen molar-refractivity contribution in [3.8, 4) is 0 Å². The Morgan fingerprint density at radius 1 is 0.540 bits per heavy atom. The van der Waals surface area contributed by atoms with Crippen LogP contribution in [0.15, 0.2) is 121 Å². The second kappa shape index (κ2) is 27.8. The molecule has 0 radical (unpaired) electrons. The van der Waals surface area contributed by atoms with Gasteiger partial charge in [-0.25, -0.2) is 0 Å². The van der Waals surface area contributed by atoms with Gasteiger partial charge >= 0.3 is 105 Å². The summed E-state index contributed by atoms with van der Waals surface area (Å²) in [7, 11) is -0.210. The van der Waals surface area contributed by atoms with Crippen LogP contribution < -0.4 is 21.2 Å². The Balaban J connectivity index is 0.000000342. The maximum atomic E-state index is 10.4. The second-order valence-electron chi connectivity index (χ2n) is 12.2. The number of hydrogen-bond acceptors (Lipinski definition) is 2. The Bertz CT molecular complexity index is 1300. The molecule has 275 valence electrons. The Morgan fingerprint density at radius 3 is 1.04 bits per heavy atom. The van der Waals surface area contributed by atoms with E-state index in [2.05, 4.69) is 113 Å². The predicted octanol–water partition coefficient (Wildman–Crippen LogP) is 10.7. The number of carbonyl (C=O) groups is 2. The topological polar surface area (TPSA) is 74.6 Å². The summed E-state index contributed by atoms with van der Waals surface area (Å²) in [5.74, 6) is -1.51. The summed E-state index contributed by atoms with van der Waals surface area (Å²) in [6.07, 6.45) is 7.43. The summed E-state index contributed by atoms with van der Waals surface area (Å²) >= 11 is 5.21. The fraction of sp³-hybridized carbons (Fsp3) is 0.395. The van der Waals surface area contributed by atoms with Crippen molar-refractivity contribution in [3.63, 3.8) is 0 Å². The third kappa shape index (κ3) is 18.4. The number of unbranched alkanes of at least 4 members (excludes halogenated alkanes) is 2. The monoisotopic (exact) mass is 759 g/mol. The van der Waals surface area contributed by atoms with E-state index in [0.717, 1.165) is 51.4 Å². The average molecular weight is 761 g/mol. The van der Waals surface area contributed by atoms with E-state index in [1.807, 2.05) is 50.2 Å². The number of rotatable bonds is 15. The number of hydrogen-bond donors (Lipinski definition) is 2. The Morgan fingerprint density at radius 2 is 0.820 bits per heavy atom. The standard InChI is InChI=1S/C15H17P.C12H10P.2C8H16O2.Ni/c1-13(2)16(14-9-5-3-6-10-14)15-11-7-4-8-12-15;1-3-7-11(8-4-1)13-12-9-5-2-6-10-12;2*1-3-5-6-7(4-2)8(9)10;/h3-13H,1-2H3;1-10H;2*7H,3-6H2,1-2H3,(H,9,10);/q;-1;;;+1. The molecule has 0 aliphatic rings. The Hall–Kier alpha value is -2.83. The first kappa shape index (κ1) is 45.2. The fourth-order valence-corrected chi connectivity index (χ4v) is 9.57. The average Bonchev–Trinajstić information content (AvgIpc) is 3.14. The maximum absolute atomic E-state index is 10.4. The fourth-order valence-electron chi connectivity index (χ4n) is 5.08. The van der Waals surface area contributed by atoms with E-state index in [-0.39, 0.29) is 19.8 Å². The van der Waals surface area contributed by atoms with Gasteiger partial charge in [0.05, 0.1) is 11.8 Å². The van der Waals surface area contributed by atoms with Crippen LogP contribution in [0.25, 0.3) is 0 Å². The molecule has 0 aliphatic heterocycles. The molecule has 0 bridgehead atoms. The molecule has 2 atom stereocenters. The molecule has 4 aromatic carbocycles. The van der Waals surface area contributed by atoms with Crippen molar-refractivity contribution in [3.05, 3.63) is 121 Å². The van der Waals surface area contributed by atoms with Crippen LogP contribution >= 0.6 is 14.6 Å². The summed E-state index contributed by atoms with van der Waals surface area (Å²) in [5.41, 5.74) is 0.680. The minimum absolute atomic E-state index is 0.111. The van der Waals surface area contributed by atoms with Gasteiger partial charge in [-0.1, -0.05) is 128 Å². The van der Waals surface area contributed by atoms with Crippen LogP contribution in [0.4, 0.5) is 0 Å². The van der Waals surface area contributed by atoms with E-state index in [4.69, 9.17) is 25.2 Å². The van der Waals surface area contributed by atoms with Gasteiger partial charge in [-0.3, -0.25) is 9.59 Å². The number of aliphatic carboxylic acids is 2. The molecule has 4 aromatic rings. The quantitative estimate of drug-likeness (QED) is 0.0935. The summed E-state index contributed by atoms with van der Waals surface area (Å²) in [4.78, 5) is 20.9. The van der Waals surface area contributed by atoms with Crippen LogP contribution in [0, 0.1) is 11.8 Å². The molecule has 0 spiro atoms. The predicted molar refractivity (Wildman–Crippen MR) is 215 cm³/mol. The molecule has 4 nitrogen and oxygen atoms in total. The molecule has 7 heteroatoms. The van der Waals surface area contributed by atoms with Gasteiger partial charge in [0.25, 0.3) is 0 Å². The third-order valence-electron chi connectivity index (χ3n) is 8.02. The molecule has 0 aromatic heterocycles. The van der Waals surface area contributed by atoms with Crippen molar-refractivity contribution in [2.45, 2.75) is 98.6 Å². The molecule has 0 heterocycles. The first-order chi connectivity index (χ1) is 24.1. The van der Waals surface area contributed by atoms with Crippen LogP contribution in [-0.2, 0) is 24.6 Å². The van der Waals surface area contributed by atoms with Crippen LogP contribution in [0.3, 0.4) is 0 Å². The number of carboxylic acids is 2. The molecular weight excluding hydrogens is 701 g/mol. The second-order valence-corrected chi connectivity index (χ2v) is 17.9. The normalized spacial score (nSPS) is 11.7. The van der Waals surface area contributed by atoms with Crippen LogP contribution in [0.2, 0.25) is 0 Å². The number of benzene rings is 4. The molecule has 0 aliphatic carbocycles.